The summed E-state index contributed by atoms with van der Waals surface area (Å²) in [7, 11) is 2.17. The van der Waals surface area contributed by atoms with Gasteiger partial charge in [-0.15, -0.1) is 16.4 Å². The van der Waals surface area contributed by atoms with Gasteiger partial charge in [-0.3, -0.25) is 0 Å². The van der Waals surface area contributed by atoms with Crippen LogP contribution in [0.4, 0.5) is 0 Å². The SMILES string of the molecule is Cc1nc2sc3c(c2c2nc(-c4ccc(OCC(C)C)cc4)nn12)CCN(C)C3. The predicted octanol–water partition coefficient (Wildman–Crippen LogP) is 4.34. The molecule has 5 rings (SSSR count). The molecule has 0 N–H and O–H groups in total. The van der Waals surface area contributed by atoms with Gasteiger partial charge in [0.1, 0.15) is 16.4 Å². The number of hydrogen-bond acceptors (Lipinski definition) is 6. The molecule has 7 heteroatoms. The van der Waals surface area contributed by atoms with Gasteiger partial charge >= 0.3 is 0 Å². The average Bonchev–Trinajstić information content (AvgIpc) is 3.28. The van der Waals surface area contributed by atoms with Crippen molar-refractivity contribution in [3.63, 3.8) is 0 Å². The summed E-state index contributed by atoms with van der Waals surface area (Å²) in [5, 5.41) is 5.96. The Morgan fingerprint density at radius 2 is 1.97 bits per heavy atom. The lowest BCUT2D eigenvalue weighted by atomic mass is 10.1. The summed E-state index contributed by atoms with van der Waals surface area (Å²) < 4.78 is 7.69. The fraction of sp³-hybridized carbons (Fsp3) is 0.409. The molecule has 0 saturated heterocycles. The van der Waals surface area contributed by atoms with Crippen molar-refractivity contribution in [3.8, 4) is 17.1 Å². The van der Waals surface area contributed by atoms with Gasteiger partial charge in [0, 0.05) is 23.5 Å². The molecule has 0 saturated carbocycles. The van der Waals surface area contributed by atoms with Crippen molar-refractivity contribution >= 4 is 27.2 Å². The van der Waals surface area contributed by atoms with Crippen molar-refractivity contribution in [1.82, 2.24) is 24.5 Å². The van der Waals surface area contributed by atoms with Crippen molar-refractivity contribution in [2.75, 3.05) is 20.2 Å². The summed E-state index contributed by atoms with van der Waals surface area (Å²) in [6, 6.07) is 8.05. The Labute approximate surface area is 174 Å². The largest absolute Gasteiger partial charge is 0.493 e. The number of hydrogen-bond donors (Lipinski definition) is 0. The molecule has 0 unspecified atom stereocenters. The molecule has 6 nitrogen and oxygen atoms in total. The zero-order chi connectivity index (χ0) is 20.1. The van der Waals surface area contributed by atoms with Crippen molar-refractivity contribution < 1.29 is 4.74 Å². The van der Waals surface area contributed by atoms with Crippen LogP contribution in [0.15, 0.2) is 24.3 Å². The molecule has 4 aromatic rings. The van der Waals surface area contributed by atoms with Crippen LogP contribution in [0.3, 0.4) is 0 Å². The first-order valence-corrected chi connectivity index (χ1v) is 10.9. The quantitative estimate of drug-likeness (QED) is 0.504. The van der Waals surface area contributed by atoms with E-state index < -0.39 is 0 Å². The Balaban J connectivity index is 1.58. The molecule has 0 fully saturated rings. The number of aryl methyl sites for hydroxylation is 1. The molecular weight excluding hydrogens is 382 g/mol. The molecule has 0 atom stereocenters. The van der Waals surface area contributed by atoms with Crippen molar-refractivity contribution in [3.05, 3.63) is 40.5 Å². The van der Waals surface area contributed by atoms with Gasteiger partial charge in [0.2, 0.25) is 0 Å². The van der Waals surface area contributed by atoms with Crippen LogP contribution >= 0.6 is 11.3 Å². The zero-order valence-electron chi connectivity index (χ0n) is 17.3. The van der Waals surface area contributed by atoms with E-state index in [-0.39, 0.29) is 0 Å². The Bertz CT molecular complexity index is 1190. The maximum atomic E-state index is 5.80. The third-order valence-corrected chi connectivity index (χ3v) is 6.44. The zero-order valence-corrected chi connectivity index (χ0v) is 18.1. The van der Waals surface area contributed by atoms with E-state index >= 15 is 0 Å². The number of fused-ring (bicyclic) bond motifs is 5. The molecule has 0 bridgehead atoms. The van der Waals surface area contributed by atoms with Gasteiger partial charge in [0.25, 0.3) is 0 Å². The highest BCUT2D eigenvalue weighted by Gasteiger charge is 2.23. The molecule has 0 spiro atoms. The summed E-state index contributed by atoms with van der Waals surface area (Å²) in [6.45, 7) is 9.06. The highest BCUT2D eigenvalue weighted by molar-refractivity contribution is 7.19. The van der Waals surface area contributed by atoms with E-state index in [4.69, 9.17) is 19.8 Å². The summed E-state index contributed by atoms with van der Waals surface area (Å²) in [5.41, 5.74) is 3.31. The fourth-order valence-electron chi connectivity index (χ4n) is 3.81. The van der Waals surface area contributed by atoms with Crippen LogP contribution in [0.2, 0.25) is 0 Å². The molecule has 0 aliphatic carbocycles. The molecule has 1 aliphatic rings. The topological polar surface area (TPSA) is 55.6 Å². The first-order chi connectivity index (χ1) is 14.0. The van der Waals surface area contributed by atoms with Crippen LogP contribution in [-0.2, 0) is 13.0 Å². The number of ether oxygens (including phenoxy) is 1. The molecule has 3 aromatic heterocycles. The monoisotopic (exact) mass is 407 g/mol. The number of nitrogens with zero attached hydrogens (tertiary/aromatic N) is 5. The molecular formula is C22H25N5OS. The third kappa shape index (κ3) is 3.28. The Kier molecular flexibility index (Phi) is 4.52. The fourth-order valence-corrected chi connectivity index (χ4v) is 5.15. The van der Waals surface area contributed by atoms with Gasteiger partial charge in [0.15, 0.2) is 11.5 Å². The minimum Gasteiger partial charge on any atom is -0.493 e. The van der Waals surface area contributed by atoms with Crippen LogP contribution in [0.5, 0.6) is 5.75 Å². The smallest absolute Gasteiger partial charge is 0.182 e. The molecule has 29 heavy (non-hydrogen) atoms. The second-order valence-corrected chi connectivity index (χ2v) is 9.31. The van der Waals surface area contributed by atoms with Gasteiger partial charge in [0.05, 0.1) is 12.0 Å². The van der Waals surface area contributed by atoms with Gasteiger partial charge in [-0.2, -0.15) is 4.52 Å². The molecule has 0 radical (unpaired) electrons. The van der Waals surface area contributed by atoms with Gasteiger partial charge < -0.3 is 9.64 Å². The van der Waals surface area contributed by atoms with Crippen LogP contribution in [0, 0.1) is 12.8 Å². The second kappa shape index (κ2) is 7.07. The van der Waals surface area contributed by atoms with E-state index in [2.05, 4.69) is 25.8 Å². The highest BCUT2D eigenvalue weighted by Crippen LogP contribution is 2.36. The molecule has 0 amide bonds. The number of aromatic nitrogens is 4. The standard InChI is InChI=1S/C22H25N5OS/c1-13(2)12-28-16-7-5-15(6-8-16)20-24-21-19-17-9-10-26(4)11-18(17)29-22(19)23-14(3)27(21)25-20/h5-8,13H,9-12H2,1-4H3. The van der Waals surface area contributed by atoms with E-state index in [1.807, 2.05) is 35.7 Å². The van der Waals surface area contributed by atoms with Crippen molar-refractivity contribution in [2.24, 2.45) is 5.92 Å². The van der Waals surface area contributed by atoms with Crippen LogP contribution in [0.1, 0.15) is 30.1 Å². The summed E-state index contributed by atoms with van der Waals surface area (Å²) in [4.78, 5) is 14.6. The maximum absolute atomic E-state index is 5.80. The molecule has 150 valence electrons. The van der Waals surface area contributed by atoms with E-state index in [0.29, 0.717) is 12.5 Å². The highest BCUT2D eigenvalue weighted by atomic mass is 32.1. The average molecular weight is 408 g/mol. The van der Waals surface area contributed by atoms with E-state index in [9.17, 15) is 0 Å². The van der Waals surface area contributed by atoms with Crippen LogP contribution in [-0.4, -0.2) is 44.7 Å². The number of thiophene rings is 1. The number of rotatable bonds is 4. The number of benzene rings is 1. The lowest BCUT2D eigenvalue weighted by Crippen LogP contribution is -2.25. The second-order valence-electron chi connectivity index (χ2n) is 8.23. The van der Waals surface area contributed by atoms with E-state index in [1.54, 1.807) is 11.3 Å². The molecule has 4 heterocycles. The lowest BCUT2D eigenvalue weighted by molar-refractivity contribution is 0.271. The van der Waals surface area contributed by atoms with Gasteiger partial charge in [-0.1, -0.05) is 13.8 Å². The van der Waals surface area contributed by atoms with Crippen molar-refractivity contribution in [1.29, 1.82) is 0 Å². The maximum Gasteiger partial charge on any atom is 0.182 e. The molecule has 1 aliphatic heterocycles. The van der Waals surface area contributed by atoms with Crippen molar-refractivity contribution in [2.45, 2.75) is 33.7 Å². The normalized spacial score (nSPS) is 14.8. The summed E-state index contributed by atoms with van der Waals surface area (Å²) >= 11 is 1.80. The third-order valence-electron chi connectivity index (χ3n) is 5.33. The van der Waals surface area contributed by atoms with Crippen LogP contribution in [0.25, 0.3) is 27.3 Å². The van der Waals surface area contributed by atoms with E-state index in [0.717, 1.165) is 52.9 Å². The Morgan fingerprint density at radius 1 is 1.17 bits per heavy atom. The summed E-state index contributed by atoms with van der Waals surface area (Å²) in [5.74, 6) is 2.98. The van der Waals surface area contributed by atoms with Gasteiger partial charge in [-0.05, 0) is 56.1 Å². The lowest BCUT2D eigenvalue weighted by Gasteiger charge is -2.21. The molecule has 1 aromatic carbocycles. The van der Waals surface area contributed by atoms with E-state index in [1.165, 1.54) is 15.8 Å². The summed E-state index contributed by atoms with van der Waals surface area (Å²) in [6.07, 6.45) is 1.04. The predicted molar refractivity (Wildman–Crippen MR) is 117 cm³/mol. The first kappa shape index (κ1) is 18.5. The number of likely N-dealkylation sites (N-methyl/N-ethyl adjacent to an activating group) is 1. The minimum atomic E-state index is 0.504. The first-order valence-electron chi connectivity index (χ1n) is 10.1. The van der Waals surface area contributed by atoms with Gasteiger partial charge in [-0.25, -0.2) is 9.97 Å². The van der Waals surface area contributed by atoms with Crippen LogP contribution < -0.4 is 4.74 Å². The minimum absolute atomic E-state index is 0.504. The Hall–Kier alpha value is -2.51. The Morgan fingerprint density at radius 3 is 2.72 bits per heavy atom.